The molecule has 0 amide bonds. The van der Waals surface area contributed by atoms with Crippen molar-refractivity contribution in [2.45, 2.75) is 11.8 Å². The predicted molar refractivity (Wildman–Crippen MR) is 67.1 cm³/mol. The standard InChI is InChI=1S/C12H11ClN4O/c13-8-3-7(4-17-5-8)12(15)9-1-2-16-6-10(9)18-11(12)14/h1-6,11H,14-15H2. The van der Waals surface area contributed by atoms with E-state index in [0.717, 1.165) is 5.56 Å². The van der Waals surface area contributed by atoms with Gasteiger partial charge in [-0.25, -0.2) is 0 Å². The number of aromatic nitrogens is 2. The van der Waals surface area contributed by atoms with Crippen molar-refractivity contribution in [2.24, 2.45) is 11.5 Å². The summed E-state index contributed by atoms with van der Waals surface area (Å²) in [6, 6.07) is 3.54. The quantitative estimate of drug-likeness (QED) is 0.801. The second-order valence-electron chi connectivity index (χ2n) is 4.17. The maximum Gasteiger partial charge on any atom is 0.174 e. The Morgan fingerprint density at radius 3 is 2.89 bits per heavy atom. The molecule has 1 aliphatic rings. The van der Waals surface area contributed by atoms with Gasteiger partial charge in [-0.1, -0.05) is 11.6 Å². The first-order chi connectivity index (χ1) is 8.62. The van der Waals surface area contributed by atoms with Gasteiger partial charge in [-0.2, -0.15) is 0 Å². The van der Waals surface area contributed by atoms with E-state index < -0.39 is 11.8 Å². The molecule has 0 bridgehead atoms. The summed E-state index contributed by atoms with van der Waals surface area (Å²) in [6.45, 7) is 0. The molecular weight excluding hydrogens is 252 g/mol. The molecule has 0 saturated heterocycles. The van der Waals surface area contributed by atoms with Crippen molar-refractivity contribution in [3.63, 3.8) is 0 Å². The van der Waals surface area contributed by atoms with Crippen LogP contribution in [-0.4, -0.2) is 16.2 Å². The SMILES string of the molecule is NC1Oc2cnccc2C1(N)c1cncc(Cl)c1. The van der Waals surface area contributed by atoms with E-state index in [1.54, 1.807) is 36.9 Å². The molecule has 92 valence electrons. The van der Waals surface area contributed by atoms with Gasteiger partial charge in [0.1, 0.15) is 11.3 Å². The van der Waals surface area contributed by atoms with Gasteiger partial charge in [-0.15, -0.1) is 0 Å². The van der Waals surface area contributed by atoms with Gasteiger partial charge < -0.3 is 10.5 Å². The molecule has 2 aromatic heterocycles. The minimum Gasteiger partial charge on any atom is -0.471 e. The summed E-state index contributed by atoms with van der Waals surface area (Å²) in [7, 11) is 0. The van der Waals surface area contributed by atoms with Crippen molar-refractivity contribution in [1.82, 2.24) is 9.97 Å². The minimum absolute atomic E-state index is 0.507. The third-order valence-corrected chi connectivity index (χ3v) is 3.32. The van der Waals surface area contributed by atoms with Crippen LogP contribution in [0.1, 0.15) is 11.1 Å². The first kappa shape index (κ1) is 11.4. The molecule has 5 nitrogen and oxygen atoms in total. The summed E-state index contributed by atoms with van der Waals surface area (Å²) in [5, 5.41) is 0.507. The van der Waals surface area contributed by atoms with Gasteiger partial charge >= 0.3 is 0 Å². The largest absolute Gasteiger partial charge is 0.471 e. The number of halogens is 1. The molecule has 0 radical (unpaired) electrons. The predicted octanol–water partition coefficient (Wildman–Crippen LogP) is 1.01. The Balaban J connectivity index is 2.20. The van der Waals surface area contributed by atoms with Crippen LogP contribution in [0.2, 0.25) is 5.02 Å². The van der Waals surface area contributed by atoms with Crippen molar-refractivity contribution >= 4 is 11.6 Å². The smallest absolute Gasteiger partial charge is 0.174 e. The van der Waals surface area contributed by atoms with Crippen LogP contribution in [0.5, 0.6) is 5.75 Å². The molecule has 2 aromatic rings. The number of nitrogens with two attached hydrogens (primary N) is 2. The molecule has 0 fully saturated rings. The second kappa shape index (κ2) is 3.91. The van der Waals surface area contributed by atoms with E-state index in [1.807, 2.05) is 0 Å². The van der Waals surface area contributed by atoms with E-state index in [4.69, 9.17) is 27.8 Å². The fourth-order valence-corrected chi connectivity index (χ4v) is 2.33. The molecule has 2 unspecified atom stereocenters. The second-order valence-corrected chi connectivity index (χ2v) is 4.61. The van der Waals surface area contributed by atoms with Gasteiger partial charge in [0.2, 0.25) is 0 Å². The fraction of sp³-hybridized carbons (Fsp3) is 0.167. The third kappa shape index (κ3) is 1.49. The monoisotopic (exact) mass is 262 g/mol. The number of ether oxygens (including phenoxy) is 1. The first-order valence-electron chi connectivity index (χ1n) is 5.39. The molecule has 2 atom stereocenters. The van der Waals surface area contributed by atoms with Crippen LogP contribution in [0, 0.1) is 0 Å². The highest BCUT2D eigenvalue weighted by molar-refractivity contribution is 6.30. The van der Waals surface area contributed by atoms with Crippen LogP contribution >= 0.6 is 11.6 Å². The highest BCUT2D eigenvalue weighted by Gasteiger charge is 2.46. The maximum atomic E-state index is 6.43. The van der Waals surface area contributed by atoms with Crippen molar-refractivity contribution < 1.29 is 4.74 Å². The summed E-state index contributed by atoms with van der Waals surface area (Å²) in [6.07, 6.45) is 5.74. The number of pyridine rings is 2. The number of fused-ring (bicyclic) bond motifs is 1. The van der Waals surface area contributed by atoms with Crippen molar-refractivity contribution in [3.8, 4) is 5.75 Å². The Labute approximate surface area is 109 Å². The molecule has 0 aliphatic carbocycles. The Morgan fingerprint density at radius 2 is 2.11 bits per heavy atom. The number of rotatable bonds is 1. The maximum absolute atomic E-state index is 6.43. The third-order valence-electron chi connectivity index (χ3n) is 3.12. The lowest BCUT2D eigenvalue weighted by Gasteiger charge is -2.27. The van der Waals surface area contributed by atoms with E-state index >= 15 is 0 Å². The molecule has 3 heterocycles. The van der Waals surface area contributed by atoms with Crippen LogP contribution in [-0.2, 0) is 5.54 Å². The molecule has 0 spiro atoms. The average Bonchev–Trinajstić information content (AvgIpc) is 2.63. The molecule has 6 heteroatoms. The van der Waals surface area contributed by atoms with Crippen molar-refractivity contribution in [2.75, 3.05) is 0 Å². The number of hydrogen-bond acceptors (Lipinski definition) is 5. The summed E-state index contributed by atoms with van der Waals surface area (Å²) < 4.78 is 5.54. The minimum atomic E-state index is -0.962. The summed E-state index contributed by atoms with van der Waals surface area (Å²) in [5.41, 5.74) is 13.0. The van der Waals surface area contributed by atoms with Crippen molar-refractivity contribution in [3.05, 3.63) is 53.1 Å². The summed E-state index contributed by atoms with van der Waals surface area (Å²) in [5.74, 6) is 0.590. The lowest BCUT2D eigenvalue weighted by atomic mass is 9.85. The topological polar surface area (TPSA) is 87.0 Å². The Morgan fingerprint density at radius 1 is 1.28 bits per heavy atom. The Hall–Kier alpha value is -1.69. The summed E-state index contributed by atoms with van der Waals surface area (Å²) >= 11 is 5.95. The molecular formula is C12H11ClN4O. The highest BCUT2D eigenvalue weighted by Crippen LogP contribution is 2.41. The van der Waals surface area contributed by atoms with Gasteiger partial charge in [0.25, 0.3) is 0 Å². The molecule has 18 heavy (non-hydrogen) atoms. The highest BCUT2D eigenvalue weighted by atomic mass is 35.5. The van der Waals surface area contributed by atoms with Gasteiger partial charge in [0.05, 0.1) is 11.2 Å². The zero-order valence-electron chi connectivity index (χ0n) is 9.38. The Kier molecular flexibility index (Phi) is 2.48. The van der Waals surface area contributed by atoms with Crippen LogP contribution < -0.4 is 16.2 Å². The summed E-state index contributed by atoms with van der Waals surface area (Å²) in [4.78, 5) is 8.03. The van der Waals surface area contributed by atoms with Gasteiger partial charge in [0, 0.05) is 29.7 Å². The normalized spacial score (nSPS) is 25.6. The van der Waals surface area contributed by atoms with Crippen LogP contribution in [0.25, 0.3) is 0 Å². The molecule has 0 aromatic carbocycles. The van der Waals surface area contributed by atoms with E-state index in [9.17, 15) is 0 Å². The van der Waals surface area contributed by atoms with Gasteiger partial charge in [-0.3, -0.25) is 15.7 Å². The molecule has 0 saturated carbocycles. The van der Waals surface area contributed by atoms with Gasteiger partial charge in [-0.05, 0) is 12.1 Å². The van der Waals surface area contributed by atoms with E-state index in [2.05, 4.69) is 9.97 Å². The lowest BCUT2D eigenvalue weighted by molar-refractivity contribution is 0.177. The van der Waals surface area contributed by atoms with E-state index in [1.165, 1.54) is 0 Å². The number of nitrogens with zero attached hydrogens (tertiary/aromatic N) is 2. The zero-order chi connectivity index (χ0) is 12.8. The van der Waals surface area contributed by atoms with Crippen LogP contribution in [0.3, 0.4) is 0 Å². The molecule has 3 rings (SSSR count). The molecule has 1 aliphatic heterocycles. The van der Waals surface area contributed by atoms with Crippen LogP contribution in [0.15, 0.2) is 36.9 Å². The number of hydrogen-bond donors (Lipinski definition) is 2. The van der Waals surface area contributed by atoms with E-state index in [0.29, 0.717) is 16.3 Å². The molecule has 4 N–H and O–H groups in total. The van der Waals surface area contributed by atoms with Gasteiger partial charge in [0.15, 0.2) is 6.23 Å². The zero-order valence-corrected chi connectivity index (χ0v) is 10.1. The van der Waals surface area contributed by atoms with Crippen molar-refractivity contribution in [1.29, 1.82) is 0 Å². The Bertz CT molecular complexity index is 606. The fourth-order valence-electron chi connectivity index (χ4n) is 2.16. The van der Waals surface area contributed by atoms with Crippen LogP contribution in [0.4, 0.5) is 0 Å². The lowest BCUT2D eigenvalue weighted by Crippen LogP contribution is -2.52. The average molecular weight is 263 g/mol. The van der Waals surface area contributed by atoms with E-state index in [-0.39, 0.29) is 0 Å². The first-order valence-corrected chi connectivity index (χ1v) is 5.77.